The minimum atomic E-state index is 0.544. The maximum Gasteiger partial charge on any atom is 0.138 e. The van der Waals surface area contributed by atoms with Crippen molar-refractivity contribution in [1.29, 1.82) is 0 Å². The fourth-order valence-corrected chi connectivity index (χ4v) is 2.36. The molecule has 0 atom stereocenters. The molecule has 0 amide bonds. The molecular formula is C15H22BrNO3. The monoisotopic (exact) mass is 343 g/mol. The minimum absolute atomic E-state index is 0.544. The van der Waals surface area contributed by atoms with Gasteiger partial charge in [-0.05, 0) is 34.8 Å². The summed E-state index contributed by atoms with van der Waals surface area (Å²) in [5.74, 6) is 0.913. The van der Waals surface area contributed by atoms with E-state index in [2.05, 4.69) is 27.3 Å². The van der Waals surface area contributed by atoms with E-state index < -0.39 is 0 Å². The van der Waals surface area contributed by atoms with Crippen molar-refractivity contribution >= 4 is 15.9 Å². The molecule has 0 spiro atoms. The number of hydrogen-bond donors (Lipinski definition) is 1. The summed E-state index contributed by atoms with van der Waals surface area (Å²) in [6.45, 7) is 3.18. The highest BCUT2D eigenvalue weighted by Crippen LogP contribution is 2.30. The van der Waals surface area contributed by atoms with E-state index in [0.29, 0.717) is 32.5 Å². The number of ether oxygens (including phenoxy) is 3. The molecule has 0 aromatic heterocycles. The number of hydrogen-bond acceptors (Lipinski definition) is 4. The smallest absolute Gasteiger partial charge is 0.138 e. The number of methoxy groups -OCH3 is 1. The summed E-state index contributed by atoms with van der Waals surface area (Å²) in [5.41, 5.74) is 1.18. The van der Waals surface area contributed by atoms with Crippen molar-refractivity contribution < 1.29 is 14.2 Å². The Labute approximate surface area is 128 Å². The van der Waals surface area contributed by atoms with Gasteiger partial charge in [-0.3, -0.25) is 0 Å². The van der Waals surface area contributed by atoms with E-state index in [1.165, 1.54) is 18.4 Å². The van der Waals surface area contributed by atoms with E-state index in [1.54, 1.807) is 7.11 Å². The summed E-state index contributed by atoms with van der Waals surface area (Å²) in [6.07, 6.45) is 2.58. The van der Waals surface area contributed by atoms with Gasteiger partial charge >= 0.3 is 0 Å². The van der Waals surface area contributed by atoms with Crippen molar-refractivity contribution in [2.75, 3.05) is 33.5 Å². The first-order valence-electron chi connectivity index (χ1n) is 7.01. The molecular weight excluding hydrogens is 322 g/mol. The van der Waals surface area contributed by atoms with Gasteiger partial charge in [0.25, 0.3) is 0 Å². The molecule has 0 unspecified atom stereocenters. The zero-order chi connectivity index (χ0) is 14.2. The fraction of sp³-hybridized carbons (Fsp3) is 0.600. The Kier molecular flexibility index (Phi) is 6.79. The Bertz CT molecular complexity index is 410. The molecule has 1 aromatic rings. The molecule has 2 rings (SSSR count). The van der Waals surface area contributed by atoms with Crippen LogP contribution in [0.2, 0.25) is 0 Å². The molecule has 4 nitrogen and oxygen atoms in total. The molecule has 0 bridgehead atoms. The second-order valence-electron chi connectivity index (χ2n) is 4.84. The molecule has 0 aliphatic heterocycles. The van der Waals surface area contributed by atoms with E-state index in [4.69, 9.17) is 14.2 Å². The van der Waals surface area contributed by atoms with E-state index in [9.17, 15) is 0 Å². The lowest BCUT2D eigenvalue weighted by Gasteiger charge is -2.14. The van der Waals surface area contributed by atoms with Gasteiger partial charge in [0, 0.05) is 25.3 Å². The average molecular weight is 344 g/mol. The number of benzene rings is 1. The molecule has 1 fully saturated rings. The summed E-state index contributed by atoms with van der Waals surface area (Å²) in [4.78, 5) is 0. The van der Waals surface area contributed by atoms with Gasteiger partial charge in [-0.2, -0.15) is 0 Å². The zero-order valence-electron chi connectivity index (χ0n) is 11.9. The Morgan fingerprint density at radius 1 is 1.20 bits per heavy atom. The predicted molar refractivity (Wildman–Crippen MR) is 82.2 cm³/mol. The summed E-state index contributed by atoms with van der Waals surface area (Å²) in [7, 11) is 1.67. The molecule has 112 valence electrons. The highest BCUT2D eigenvalue weighted by Gasteiger charge is 2.20. The molecule has 1 saturated carbocycles. The van der Waals surface area contributed by atoms with Crippen LogP contribution in [0.1, 0.15) is 18.4 Å². The van der Waals surface area contributed by atoms with E-state index in [0.717, 1.165) is 16.8 Å². The van der Waals surface area contributed by atoms with Gasteiger partial charge in [0.1, 0.15) is 12.4 Å². The van der Waals surface area contributed by atoms with Gasteiger partial charge in [0.05, 0.1) is 24.3 Å². The van der Waals surface area contributed by atoms with Gasteiger partial charge in [-0.15, -0.1) is 0 Å². The van der Waals surface area contributed by atoms with Crippen LogP contribution >= 0.6 is 15.9 Å². The lowest BCUT2D eigenvalue weighted by molar-refractivity contribution is 0.0541. The molecule has 0 heterocycles. The van der Waals surface area contributed by atoms with Crippen LogP contribution in [0, 0.1) is 0 Å². The molecule has 1 aliphatic carbocycles. The summed E-state index contributed by atoms with van der Waals surface area (Å²) < 4.78 is 17.2. The summed E-state index contributed by atoms with van der Waals surface area (Å²) in [5, 5.41) is 3.51. The van der Waals surface area contributed by atoms with Gasteiger partial charge < -0.3 is 19.5 Å². The first kappa shape index (κ1) is 15.8. The number of nitrogens with one attached hydrogen (secondary N) is 1. The second-order valence-corrected chi connectivity index (χ2v) is 5.69. The van der Waals surface area contributed by atoms with E-state index in [1.807, 2.05) is 12.1 Å². The van der Waals surface area contributed by atoms with Gasteiger partial charge in [-0.1, -0.05) is 12.1 Å². The molecule has 0 saturated heterocycles. The number of halogens is 1. The van der Waals surface area contributed by atoms with Gasteiger partial charge in [0.2, 0.25) is 0 Å². The van der Waals surface area contributed by atoms with Crippen LogP contribution in [0.3, 0.4) is 0 Å². The van der Waals surface area contributed by atoms with Crippen LogP contribution in [0.15, 0.2) is 22.7 Å². The van der Waals surface area contributed by atoms with Crippen LogP contribution in [-0.4, -0.2) is 39.6 Å². The maximum absolute atomic E-state index is 5.85. The van der Waals surface area contributed by atoms with Crippen LogP contribution in [-0.2, 0) is 16.0 Å². The van der Waals surface area contributed by atoms with E-state index in [-0.39, 0.29) is 0 Å². The quantitative estimate of drug-likeness (QED) is 0.663. The van der Waals surface area contributed by atoms with Crippen LogP contribution < -0.4 is 10.1 Å². The summed E-state index contributed by atoms with van der Waals surface area (Å²) in [6, 6.07) is 6.83. The van der Waals surface area contributed by atoms with Crippen molar-refractivity contribution in [1.82, 2.24) is 5.32 Å². The molecule has 0 radical (unpaired) electrons. The Balaban J connectivity index is 1.78. The third-order valence-electron chi connectivity index (χ3n) is 3.11. The Morgan fingerprint density at radius 2 is 2.00 bits per heavy atom. The third-order valence-corrected chi connectivity index (χ3v) is 3.74. The second kappa shape index (κ2) is 8.62. The highest BCUT2D eigenvalue weighted by molar-refractivity contribution is 9.10. The van der Waals surface area contributed by atoms with Crippen molar-refractivity contribution in [3.8, 4) is 5.75 Å². The van der Waals surface area contributed by atoms with Gasteiger partial charge in [-0.25, -0.2) is 0 Å². The lowest BCUT2D eigenvalue weighted by atomic mass is 10.2. The van der Waals surface area contributed by atoms with Gasteiger partial charge in [0.15, 0.2) is 0 Å². The third kappa shape index (κ3) is 5.40. The van der Waals surface area contributed by atoms with E-state index >= 15 is 0 Å². The van der Waals surface area contributed by atoms with Crippen molar-refractivity contribution in [2.45, 2.75) is 25.4 Å². The lowest BCUT2D eigenvalue weighted by Crippen LogP contribution is -2.17. The molecule has 5 heteroatoms. The first-order valence-corrected chi connectivity index (χ1v) is 7.81. The first-order chi connectivity index (χ1) is 9.81. The van der Waals surface area contributed by atoms with Crippen LogP contribution in [0.4, 0.5) is 0 Å². The highest BCUT2D eigenvalue weighted by atomic mass is 79.9. The van der Waals surface area contributed by atoms with Crippen molar-refractivity contribution in [2.24, 2.45) is 0 Å². The molecule has 1 aliphatic rings. The zero-order valence-corrected chi connectivity index (χ0v) is 13.4. The number of para-hydroxylation sites is 1. The van der Waals surface area contributed by atoms with Crippen LogP contribution in [0.5, 0.6) is 5.75 Å². The molecule has 1 aromatic carbocycles. The standard InChI is InChI=1S/C15H22BrNO3/c1-18-7-8-19-9-10-20-15-12(3-2-4-14(15)16)11-17-13-5-6-13/h2-4,13,17H,5-11H2,1H3. The largest absolute Gasteiger partial charge is 0.490 e. The Hall–Kier alpha value is -0.620. The molecule has 20 heavy (non-hydrogen) atoms. The topological polar surface area (TPSA) is 39.7 Å². The SMILES string of the molecule is COCCOCCOc1c(Br)cccc1CNC1CC1. The molecule has 1 N–H and O–H groups in total. The number of rotatable bonds is 10. The maximum atomic E-state index is 5.85. The minimum Gasteiger partial charge on any atom is -0.490 e. The fourth-order valence-electron chi connectivity index (χ4n) is 1.84. The van der Waals surface area contributed by atoms with Crippen molar-refractivity contribution in [3.05, 3.63) is 28.2 Å². The predicted octanol–water partition coefficient (Wildman–Crippen LogP) is 2.74. The van der Waals surface area contributed by atoms with Crippen LogP contribution in [0.25, 0.3) is 0 Å². The van der Waals surface area contributed by atoms with Crippen molar-refractivity contribution in [3.63, 3.8) is 0 Å². The Morgan fingerprint density at radius 3 is 2.75 bits per heavy atom. The average Bonchev–Trinajstić information content (AvgIpc) is 3.26. The summed E-state index contributed by atoms with van der Waals surface area (Å²) >= 11 is 3.55. The normalized spacial score (nSPS) is 14.5.